The average molecular weight is 174 g/mol. The Kier molecular flexibility index (Phi) is 7.05. The van der Waals surface area contributed by atoms with E-state index in [9.17, 15) is 10.2 Å². The van der Waals surface area contributed by atoms with Crippen molar-refractivity contribution in [3.63, 3.8) is 0 Å². The molecule has 3 nitrogen and oxygen atoms in total. The number of hydrogen-bond donors (Lipinski definition) is 3. The highest BCUT2D eigenvalue weighted by Crippen LogP contribution is 2.05. The SMILES string of the molecule is CCC[C@H](O)C[C@@H](O)/C=C/CO. The van der Waals surface area contributed by atoms with Crippen LogP contribution in [0.25, 0.3) is 0 Å². The van der Waals surface area contributed by atoms with Gasteiger partial charge in [-0.25, -0.2) is 0 Å². The Morgan fingerprint density at radius 1 is 1.33 bits per heavy atom. The second-order valence-electron chi connectivity index (χ2n) is 2.86. The first-order chi connectivity index (χ1) is 5.70. The molecule has 0 rings (SSSR count). The van der Waals surface area contributed by atoms with E-state index in [0.717, 1.165) is 6.42 Å². The van der Waals surface area contributed by atoms with Crippen molar-refractivity contribution >= 4 is 0 Å². The molecule has 0 aliphatic rings. The van der Waals surface area contributed by atoms with Gasteiger partial charge in [-0.1, -0.05) is 25.5 Å². The maximum atomic E-state index is 9.26. The van der Waals surface area contributed by atoms with Crippen LogP contribution in [0.4, 0.5) is 0 Å². The zero-order valence-corrected chi connectivity index (χ0v) is 7.48. The van der Waals surface area contributed by atoms with Gasteiger partial charge in [-0.2, -0.15) is 0 Å². The molecular formula is C9H18O3. The molecule has 0 aromatic heterocycles. The van der Waals surface area contributed by atoms with Crippen LogP contribution in [0.3, 0.4) is 0 Å². The maximum Gasteiger partial charge on any atom is 0.0746 e. The fourth-order valence-electron chi connectivity index (χ4n) is 1.03. The minimum Gasteiger partial charge on any atom is -0.393 e. The Bertz CT molecular complexity index is 123. The van der Waals surface area contributed by atoms with Crippen molar-refractivity contribution in [2.45, 2.75) is 38.4 Å². The summed E-state index contributed by atoms with van der Waals surface area (Å²) in [6.07, 6.45) is 3.88. The third kappa shape index (κ3) is 6.34. The Labute approximate surface area is 73.4 Å². The largest absolute Gasteiger partial charge is 0.393 e. The van der Waals surface area contributed by atoms with E-state index in [0.29, 0.717) is 12.8 Å². The van der Waals surface area contributed by atoms with Crippen molar-refractivity contribution in [2.24, 2.45) is 0 Å². The third-order valence-corrected chi connectivity index (χ3v) is 1.60. The van der Waals surface area contributed by atoms with Crippen LogP contribution in [-0.2, 0) is 0 Å². The lowest BCUT2D eigenvalue weighted by Crippen LogP contribution is -2.15. The summed E-state index contributed by atoms with van der Waals surface area (Å²) in [5, 5.41) is 26.9. The van der Waals surface area contributed by atoms with E-state index >= 15 is 0 Å². The van der Waals surface area contributed by atoms with Crippen LogP contribution in [0.1, 0.15) is 26.2 Å². The van der Waals surface area contributed by atoms with Gasteiger partial charge in [0.2, 0.25) is 0 Å². The summed E-state index contributed by atoms with van der Waals surface area (Å²) in [6.45, 7) is 1.92. The summed E-state index contributed by atoms with van der Waals surface area (Å²) in [7, 11) is 0. The van der Waals surface area contributed by atoms with E-state index < -0.39 is 12.2 Å². The van der Waals surface area contributed by atoms with Crippen molar-refractivity contribution in [1.29, 1.82) is 0 Å². The molecule has 0 saturated carbocycles. The lowest BCUT2D eigenvalue weighted by Gasteiger charge is -2.11. The fourth-order valence-corrected chi connectivity index (χ4v) is 1.03. The summed E-state index contributed by atoms with van der Waals surface area (Å²) in [5.74, 6) is 0. The fraction of sp³-hybridized carbons (Fsp3) is 0.778. The lowest BCUT2D eigenvalue weighted by molar-refractivity contribution is 0.0969. The second kappa shape index (κ2) is 7.28. The summed E-state index contributed by atoms with van der Waals surface area (Å²) >= 11 is 0. The monoisotopic (exact) mass is 174 g/mol. The molecule has 0 aliphatic carbocycles. The first-order valence-electron chi connectivity index (χ1n) is 4.34. The molecule has 0 radical (unpaired) electrons. The van der Waals surface area contributed by atoms with Crippen LogP contribution < -0.4 is 0 Å². The van der Waals surface area contributed by atoms with Crippen molar-refractivity contribution in [1.82, 2.24) is 0 Å². The molecule has 0 bridgehead atoms. The molecule has 0 spiro atoms. The Hall–Kier alpha value is -0.380. The summed E-state index contributed by atoms with van der Waals surface area (Å²) < 4.78 is 0. The van der Waals surface area contributed by atoms with Crippen molar-refractivity contribution in [3.8, 4) is 0 Å². The van der Waals surface area contributed by atoms with Crippen LogP contribution in [0, 0.1) is 0 Å². The van der Waals surface area contributed by atoms with Gasteiger partial charge in [0.25, 0.3) is 0 Å². The molecule has 0 unspecified atom stereocenters. The Morgan fingerprint density at radius 2 is 2.00 bits per heavy atom. The normalized spacial score (nSPS) is 16.7. The van der Waals surface area contributed by atoms with E-state index in [1.807, 2.05) is 6.92 Å². The first kappa shape index (κ1) is 11.6. The highest BCUT2D eigenvalue weighted by molar-refractivity contribution is 4.89. The quantitative estimate of drug-likeness (QED) is 0.512. The van der Waals surface area contributed by atoms with Crippen LogP contribution in [0.2, 0.25) is 0 Å². The zero-order valence-electron chi connectivity index (χ0n) is 7.48. The molecule has 0 amide bonds. The number of aliphatic hydroxyl groups excluding tert-OH is 3. The van der Waals surface area contributed by atoms with Crippen molar-refractivity contribution in [2.75, 3.05) is 6.61 Å². The Balaban J connectivity index is 3.53. The van der Waals surface area contributed by atoms with Gasteiger partial charge in [-0.15, -0.1) is 0 Å². The molecule has 72 valence electrons. The molecule has 0 aromatic carbocycles. The molecule has 0 saturated heterocycles. The molecule has 2 atom stereocenters. The summed E-state index contributed by atoms with van der Waals surface area (Å²) in [6, 6.07) is 0. The third-order valence-electron chi connectivity index (χ3n) is 1.60. The van der Waals surface area contributed by atoms with Gasteiger partial charge in [0.05, 0.1) is 18.8 Å². The zero-order chi connectivity index (χ0) is 9.40. The van der Waals surface area contributed by atoms with Gasteiger partial charge in [-0.3, -0.25) is 0 Å². The molecule has 0 aromatic rings. The highest BCUT2D eigenvalue weighted by Gasteiger charge is 2.07. The minimum absolute atomic E-state index is 0.0685. The molecule has 3 heteroatoms. The number of aliphatic hydroxyl groups is 3. The van der Waals surface area contributed by atoms with Crippen LogP contribution in [0.15, 0.2) is 12.2 Å². The minimum atomic E-state index is -0.640. The van der Waals surface area contributed by atoms with E-state index in [2.05, 4.69) is 0 Å². The van der Waals surface area contributed by atoms with Gasteiger partial charge in [0, 0.05) is 6.42 Å². The smallest absolute Gasteiger partial charge is 0.0746 e. The van der Waals surface area contributed by atoms with Gasteiger partial charge >= 0.3 is 0 Å². The highest BCUT2D eigenvalue weighted by atomic mass is 16.3. The van der Waals surface area contributed by atoms with E-state index in [1.165, 1.54) is 12.2 Å². The molecular weight excluding hydrogens is 156 g/mol. The summed E-state index contributed by atoms with van der Waals surface area (Å²) in [4.78, 5) is 0. The summed E-state index contributed by atoms with van der Waals surface area (Å²) in [5.41, 5.74) is 0. The lowest BCUT2D eigenvalue weighted by atomic mass is 10.1. The Morgan fingerprint density at radius 3 is 2.50 bits per heavy atom. The molecule has 12 heavy (non-hydrogen) atoms. The van der Waals surface area contributed by atoms with Crippen LogP contribution in [-0.4, -0.2) is 34.1 Å². The standard InChI is InChI=1S/C9H18O3/c1-2-4-8(11)7-9(12)5-3-6-10/h3,5,8-12H,2,4,6-7H2,1H3/b5-3+/t8-,9-/m0/s1. The predicted molar refractivity (Wildman–Crippen MR) is 47.8 cm³/mol. The van der Waals surface area contributed by atoms with Gasteiger partial charge in [-0.05, 0) is 6.42 Å². The van der Waals surface area contributed by atoms with Gasteiger partial charge < -0.3 is 15.3 Å². The van der Waals surface area contributed by atoms with Crippen molar-refractivity contribution < 1.29 is 15.3 Å². The average Bonchev–Trinajstić information content (AvgIpc) is 2.01. The van der Waals surface area contributed by atoms with E-state index in [1.54, 1.807) is 0 Å². The van der Waals surface area contributed by atoms with Crippen LogP contribution in [0.5, 0.6) is 0 Å². The predicted octanol–water partition coefficient (Wildman–Crippen LogP) is 0.447. The first-order valence-corrected chi connectivity index (χ1v) is 4.34. The maximum absolute atomic E-state index is 9.26. The molecule has 0 fully saturated rings. The molecule has 0 aliphatic heterocycles. The van der Waals surface area contributed by atoms with Gasteiger partial charge in [0.15, 0.2) is 0 Å². The topological polar surface area (TPSA) is 60.7 Å². The molecule has 0 heterocycles. The second-order valence-corrected chi connectivity index (χ2v) is 2.86. The molecule has 3 N–H and O–H groups in total. The van der Waals surface area contributed by atoms with E-state index in [4.69, 9.17) is 5.11 Å². The van der Waals surface area contributed by atoms with Crippen LogP contribution >= 0.6 is 0 Å². The van der Waals surface area contributed by atoms with Crippen molar-refractivity contribution in [3.05, 3.63) is 12.2 Å². The van der Waals surface area contributed by atoms with E-state index in [-0.39, 0.29) is 6.61 Å². The number of rotatable bonds is 6. The van der Waals surface area contributed by atoms with Gasteiger partial charge in [0.1, 0.15) is 0 Å². The number of hydrogen-bond acceptors (Lipinski definition) is 3.